The van der Waals surface area contributed by atoms with Crippen LogP contribution in [0.15, 0.2) is 24.5 Å². The van der Waals surface area contributed by atoms with Crippen molar-refractivity contribution in [2.75, 3.05) is 20.4 Å². The minimum atomic E-state index is -0.731. The number of esters is 1. The number of H-pyrrole nitrogens is 1. The van der Waals surface area contributed by atoms with Gasteiger partial charge in [-0.3, -0.25) is 0 Å². The van der Waals surface area contributed by atoms with Crippen LogP contribution in [0.4, 0.5) is 4.79 Å². The minimum Gasteiger partial charge on any atom is -0.467 e. The maximum atomic E-state index is 13.2. The van der Waals surface area contributed by atoms with Gasteiger partial charge in [0.1, 0.15) is 12.1 Å². The molecule has 4 rings (SSSR count). The molecule has 1 aromatic heterocycles. The second kappa shape index (κ2) is 7.65. The highest BCUT2D eigenvalue weighted by molar-refractivity contribution is 5.84. The molecule has 0 unspecified atom stereocenters. The molecule has 2 N–H and O–H groups in total. The second-order valence-electron chi connectivity index (χ2n) is 7.42. The molecule has 29 heavy (non-hydrogen) atoms. The van der Waals surface area contributed by atoms with E-state index in [-0.39, 0.29) is 18.7 Å². The zero-order chi connectivity index (χ0) is 20.5. The number of aromatic amines is 1. The molecule has 9 heteroatoms. The Hall–Kier alpha value is -3.23. The van der Waals surface area contributed by atoms with Crippen molar-refractivity contribution < 1.29 is 23.8 Å². The monoisotopic (exact) mass is 400 g/mol. The van der Waals surface area contributed by atoms with Gasteiger partial charge in [0, 0.05) is 18.7 Å². The Kier molecular flexibility index (Phi) is 5.04. The molecule has 2 aliphatic heterocycles. The lowest BCUT2D eigenvalue weighted by Crippen LogP contribution is -2.53. The van der Waals surface area contributed by atoms with E-state index in [0.717, 1.165) is 17.0 Å². The first kappa shape index (κ1) is 19.1. The third-order valence-electron chi connectivity index (χ3n) is 5.30. The summed E-state index contributed by atoms with van der Waals surface area (Å²) in [6, 6.07) is 4.13. The zero-order valence-corrected chi connectivity index (χ0v) is 16.6. The normalized spacial score (nSPS) is 18.3. The van der Waals surface area contributed by atoms with Crippen molar-refractivity contribution >= 4 is 12.0 Å². The number of rotatable bonds is 4. The van der Waals surface area contributed by atoms with Crippen molar-refractivity contribution in [3.05, 3.63) is 41.5 Å². The van der Waals surface area contributed by atoms with Crippen LogP contribution in [-0.2, 0) is 16.0 Å². The van der Waals surface area contributed by atoms with Crippen molar-refractivity contribution in [3.63, 3.8) is 0 Å². The summed E-state index contributed by atoms with van der Waals surface area (Å²) in [5.74, 6) is 0.736. The highest BCUT2D eigenvalue weighted by Gasteiger charge is 2.37. The number of nitrogens with one attached hydrogen (secondary N) is 2. The summed E-state index contributed by atoms with van der Waals surface area (Å²) >= 11 is 0. The third-order valence-corrected chi connectivity index (χ3v) is 5.30. The van der Waals surface area contributed by atoms with Gasteiger partial charge in [-0.15, -0.1) is 0 Å². The van der Waals surface area contributed by atoms with Crippen LogP contribution in [-0.4, -0.2) is 53.4 Å². The van der Waals surface area contributed by atoms with E-state index in [1.165, 1.54) is 7.11 Å². The van der Waals surface area contributed by atoms with Gasteiger partial charge in [-0.05, 0) is 23.6 Å². The molecule has 2 amide bonds. The van der Waals surface area contributed by atoms with Gasteiger partial charge >= 0.3 is 12.0 Å². The van der Waals surface area contributed by atoms with Crippen LogP contribution in [0, 0.1) is 5.92 Å². The number of ether oxygens (including phenoxy) is 3. The van der Waals surface area contributed by atoms with Crippen LogP contribution >= 0.6 is 0 Å². The fourth-order valence-electron chi connectivity index (χ4n) is 3.76. The van der Waals surface area contributed by atoms with Crippen molar-refractivity contribution in [2.45, 2.75) is 32.4 Å². The van der Waals surface area contributed by atoms with Crippen molar-refractivity contribution in [1.82, 2.24) is 20.2 Å². The van der Waals surface area contributed by atoms with Gasteiger partial charge in [0.05, 0.1) is 19.1 Å². The first-order chi connectivity index (χ1) is 14.0. The lowest BCUT2D eigenvalue weighted by molar-refractivity contribution is -0.144. The molecular weight excluding hydrogens is 376 g/mol. The second-order valence-corrected chi connectivity index (χ2v) is 7.42. The summed E-state index contributed by atoms with van der Waals surface area (Å²) in [6.45, 7) is 4.38. The van der Waals surface area contributed by atoms with Crippen LogP contribution in [0.1, 0.15) is 36.8 Å². The molecule has 0 spiro atoms. The summed E-state index contributed by atoms with van der Waals surface area (Å²) < 4.78 is 15.8. The van der Waals surface area contributed by atoms with Gasteiger partial charge < -0.3 is 29.4 Å². The van der Waals surface area contributed by atoms with Gasteiger partial charge in [0.2, 0.25) is 6.79 Å². The van der Waals surface area contributed by atoms with Crippen molar-refractivity contribution in [2.24, 2.45) is 5.92 Å². The SMILES string of the molecule is COC(=O)[C@H](NC(=O)N1CCc2[nH]cnc2[C@@H]1c1ccc2c(c1)OCO2)C(C)C. The number of nitrogens with zero attached hydrogens (tertiary/aromatic N) is 2. The Morgan fingerprint density at radius 1 is 1.31 bits per heavy atom. The standard InChI is InChI=1S/C20H24N4O5/c1-11(2)16(19(25)27-3)23-20(26)24-7-6-13-17(22-9-21-13)18(24)12-4-5-14-15(8-12)29-10-28-14/h4-5,8-9,11,16,18H,6-7,10H2,1-3H3,(H,21,22)(H,23,26)/t16-,18+/m1/s1. The summed E-state index contributed by atoms with van der Waals surface area (Å²) in [5.41, 5.74) is 2.63. The average molecular weight is 400 g/mol. The van der Waals surface area contributed by atoms with Gasteiger partial charge in [0.25, 0.3) is 0 Å². The molecule has 0 fully saturated rings. The molecule has 2 aromatic rings. The highest BCUT2D eigenvalue weighted by atomic mass is 16.7. The van der Waals surface area contributed by atoms with E-state index in [2.05, 4.69) is 15.3 Å². The number of fused-ring (bicyclic) bond motifs is 2. The van der Waals surface area contributed by atoms with Crippen molar-refractivity contribution in [3.8, 4) is 11.5 Å². The Morgan fingerprint density at radius 3 is 2.86 bits per heavy atom. The molecule has 2 aliphatic rings. The molecule has 0 saturated heterocycles. The summed E-state index contributed by atoms with van der Waals surface area (Å²) in [7, 11) is 1.32. The van der Waals surface area contributed by atoms with E-state index in [0.29, 0.717) is 24.5 Å². The number of benzene rings is 1. The summed E-state index contributed by atoms with van der Waals surface area (Å²) in [5, 5.41) is 2.83. The van der Waals surface area contributed by atoms with E-state index in [9.17, 15) is 9.59 Å². The number of urea groups is 1. The first-order valence-electron chi connectivity index (χ1n) is 9.56. The lowest BCUT2D eigenvalue weighted by atomic mass is 9.95. The number of amides is 2. The van der Waals surface area contributed by atoms with Gasteiger partial charge in [-0.25, -0.2) is 14.6 Å². The zero-order valence-electron chi connectivity index (χ0n) is 16.6. The van der Waals surface area contributed by atoms with Crippen LogP contribution in [0.2, 0.25) is 0 Å². The molecule has 0 saturated carbocycles. The number of hydrogen-bond acceptors (Lipinski definition) is 6. The largest absolute Gasteiger partial charge is 0.467 e. The first-order valence-corrected chi connectivity index (χ1v) is 9.56. The molecule has 0 aliphatic carbocycles. The molecule has 0 radical (unpaired) electrons. The lowest BCUT2D eigenvalue weighted by Gasteiger charge is -2.36. The van der Waals surface area contributed by atoms with E-state index < -0.39 is 18.1 Å². The smallest absolute Gasteiger partial charge is 0.328 e. The molecule has 154 valence electrons. The van der Waals surface area contributed by atoms with Crippen LogP contribution < -0.4 is 14.8 Å². The quantitative estimate of drug-likeness (QED) is 0.761. The number of carbonyl (C=O) groups is 2. The molecule has 2 atom stereocenters. The van der Waals surface area contributed by atoms with Crippen LogP contribution in [0.25, 0.3) is 0 Å². The Bertz CT molecular complexity index is 925. The number of hydrogen-bond donors (Lipinski definition) is 2. The maximum absolute atomic E-state index is 13.2. The Balaban J connectivity index is 1.66. The maximum Gasteiger partial charge on any atom is 0.328 e. The van der Waals surface area contributed by atoms with Crippen LogP contribution in [0.5, 0.6) is 11.5 Å². The summed E-state index contributed by atoms with van der Waals surface area (Å²) in [4.78, 5) is 34.6. The van der Waals surface area contributed by atoms with E-state index in [1.807, 2.05) is 32.0 Å². The van der Waals surface area contributed by atoms with E-state index >= 15 is 0 Å². The fourth-order valence-corrected chi connectivity index (χ4v) is 3.76. The topological polar surface area (TPSA) is 106 Å². The molecule has 3 heterocycles. The summed E-state index contributed by atoms with van der Waals surface area (Å²) in [6.07, 6.45) is 2.28. The van der Waals surface area contributed by atoms with E-state index in [4.69, 9.17) is 14.2 Å². The predicted octanol–water partition coefficient (Wildman–Crippen LogP) is 1.99. The number of methoxy groups -OCH3 is 1. The molecular formula is C20H24N4O5. The van der Waals surface area contributed by atoms with E-state index in [1.54, 1.807) is 11.2 Å². The fraction of sp³-hybridized carbons (Fsp3) is 0.450. The Labute approximate surface area is 168 Å². The Morgan fingerprint density at radius 2 is 2.10 bits per heavy atom. The average Bonchev–Trinajstić information content (AvgIpc) is 3.38. The molecule has 1 aromatic carbocycles. The molecule has 9 nitrogen and oxygen atoms in total. The number of imidazole rings is 1. The predicted molar refractivity (Wildman–Crippen MR) is 103 cm³/mol. The highest BCUT2D eigenvalue weighted by Crippen LogP contribution is 2.39. The van der Waals surface area contributed by atoms with Gasteiger partial charge in [-0.2, -0.15) is 0 Å². The van der Waals surface area contributed by atoms with Crippen LogP contribution in [0.3, 0.4) is 0 Å². The third kappa shape index (κ3) is 3.48. The minimum absolute atomic E-state index is 0.110. The van der Waals surface area contributed by atoms with Gasteiger partial charge in [-0.1, -0.05) is 19.9 Å². The van der Waals surface area contributed by atoms with Gasteiger partial charge in [0.15, 0.2) is 11.5 Å². The molecule has 0 bridgehead atoms. The number of aromatic nitrogens is 2. The number of carbonyl (C=O) groups excluding carboxylic acids is 2. The van der Waals surface area contributed by atoms with Crippen molar-refractivity contribution in [1.29, 1.82) is 0 Å².